The van der Waals surface area contributed by atoms with Crippen molar-refractivity contribution in [2.24, 2.45) is 5.73 Å². The fraction of sp³-hybridized carbons (Fsp3) is 0.273. The molecule has 0 aliphatic heterocycles. The van der Waals surface area contributed by atoms with Gasteiger partial charge in [-0.05, 0) is 19.1 Å². The van der Waals surface area contributed by atoms with Gasteiger partial charge in [-0.15, -0.1) is 0 Å². The molecule has 0 aliphatic rings. The lowest BCUT2D eigenvalue weighted by Gasteiger charge is -2.09. The molecule has 0 fully saturated rings. The van der Waals surface area contributed by atoms with Crippen LogP contribution in [0.15, 0.2) is 29.4 Å². The van der Waals surface area contributed by atoms with Crippen LogP contribution in [-0.4, -0.2) is 23.6 Å². The zero-order chi connectivity index (χ0) is 13.9. The van der Waals surface area contributed by atoms with Crippen LogP contribution < -0.4 is 10.5 Å². The number of hydrogen-bond acceptors (Lipinski definition) is 5. The number of nitrogens with two attached hydrogens (primary N) is 1. The van der Waals surface area contributed by atoms with E-state index in [1.165, 1.54) is 12.3 Å². The second-order valence-corrected chi connectivity index (χ2v) is 5.73. The standard InChI is InChI=1S/C11H15N5O2S/c1-8-9(6-14-16-8)7-15-19(17,18)11-3-2-4-13-10(11)5-12/h2-4,6,15H,5,7,12H2,1H3,(H,14,16). The molecule has 2 rings (SSSR count). The first-order valence-electron chi connectivity index (χ1n) is 5.67. The molecule has 0 aliphatic carbocycles. The van der Waals surface area contributed by atoms with Crippen LogP contribution in [0.25, 0.3) is 0 Å². The number of aromatic nitrogens is 3. The maximum absolute atomic E-state index is 12.2. The third-order valence-corrected chi connectivity index (χ3v) is 4.19. The molecule has 2 aromatic rings. The van der Waals surface area contributed by atoms with E-state index in [9.17, 15) is 8.42 Å². The quantitative estimate of drug-likeness (QED) is 0.716. The lowest BCUT2D eigenvalue weighted by atomic mass is 10.3. The third kappa shape index (κ3) is 2.98. The van der Waals surface area contributed by atoms with Crippen molar-refractivity contribution >= 4 is 10.0 Å². The lowest BCUT2D eigenvalue weighted by molar-refractivity contribution is 0.579. The molecular weight excluding hydrogens is 266 g/mol. The summed E-state index contributed by atoms with van der Waals surface area (Å²) in [7, 11) is -3.63. The first kappa shape index (κ1) is 13.7. The van der Waals surface area contributed by atoms with Crippen LogP contribution in [0.4, 0.5) is 0 Å². The molecule has 8 heteroatoms. The minimum absolute atomic E-state index is 0.0713. The molecule has 4 N–H and O–H groups in total. The molecule has 0 atom stereocenters. The number of rotatable bonds is 5. The van der Waals surface area contributed by atoms with E-state index in [2.05, 4.69) is 19.9 Å². The smallest absolute Gasteiger partial charge is 0.242 e. The minimum Gasteiger partial charge on any atom is -0.325 e. The molecule has 0 spiro atoms. The Morgan fingerprint density at radius 2 is 2.26 bits per heavy atom. The molecule has 19 heavy (non-hydrogen) atoms. The Balaban J connectivity index is 2.21. The Labute approximate surface area is 111 Å². The topological polar surface area (TPSA) is 114 Å². The van der Waals surface area contributed by atoms with Crippen LogP contribution in [0.5, 0.6) is 0 Å². The van der Waals surface area contributed by atoms with E-state index in [0.717, 1.165) is 11.3 Å². The summed E-state index contributed by atoms with van der Waals surface area (Å²) in [6.07, 6.45) is 3.10. The van der Waals surface area contributed by atoms with Crippen molar-refractivity contribution in [3.63, 3.8) is 0 Å². The van der Waals surface area contributed by atoms with Crippen LogP contribution in [0.1, 0.15) is 17.0 Å². The molecule has 2 heterocycles. The monoisotopic (exact) mass is 281 g/mol. The Bertz CT molecular complexity index is 665. The van der Waals surface area contributed by atoms with Crippen LogP contribution in [0, 0.1) is 6.92 Å². The fourth-order valence-corrected chi connectivity index (χ4v) is 2.83. The van der Waals surface area contributed by atoms with Gasteiger partial charge in [-0.25, -0.2) is 13.1 Å². The van der Waals surface area contributed by atoms with E-state index in [1.807, 2.05) is 6.92 Å². The minimum atomic E-state index is -3.63. The Morgan fingerprint density at radius 1 is 1.47 bits per heavy atom. The highest BCUT2D eigenvalue weighted by Gasteiger charge is 2.18. The number of H-pyrrole nitrogens is 1. The number of aryl methyl sites for hydroxylation is 1. The molecular formula is C11H15N5O2S. The second kappa shape index (κ2) is 5.47. The SMILES string of the molecule is Cc1[nH]ncc1CNS(=O)(=O)c1cccnc1CN. The highest BCUT2D eigenvalue weighted by molar-refractivity contribution is 7.89. The van der Waals surface area contributed by atoms with Crippen molar-refractivity contribution < 1.29 is 8.42 Å². The van der Waals surface area contributed by atoms with Crippen LogP contribution in [0.3, 0.4) is 0 Å². The second-order valence-electron chi connectivity index (χ2n) is 4.00. The molecule has 102 valence electrons. The van der Waals surface area contributed by atoms with E-state index in [-0.39, 0.29) is 18.0 Å². The largest absolute Gasteiger partial charge is 0.325 e. The molecule has 0 radical (unpaired) electrons. The van der Waals surface area contributed by atoms with Gasteiger partial charge in [-0.1, -0.05) is 0 Å². The van der Waals surface area contributed by atoms with Gasteiger partial charge in [0.2, 0.25) is 10.0 Å². The number of nitrogens with zero attached hydrogens (tertiary/aromatic N) is 2. The molecule has 7 nitrogen and oxygen atoms in total. The summed E-state index contributed by atoms with van der Waals surface area (Å²) in [4.78, 5) is 4.07. The highest BCUT2D eigenvalue weighted by Crippen LogP contribution is 2.13. The zero-order valence-corrected chi connectivity index (χ0v) is 11.2. The third-order valence-electron chi connectivity index (χ3n) is 2.72. The predicted molar refractivity (Wildman–Crippen MR) is 69.5 cm³/mol. The lowest BCUT2D eigenvalue weighted by Crippen LogP contribution is -2.25. The first-order chi connectivity index (χ1) is 9.04. The van der Waals surface area contributed by atoms with E-state index < -0.39 is 10.0 Å². The molecule has 0 bridgehead atoms. The normalized spacial score (nSPS) is 11.7. The van der Waals surface area contributed by atoms with Gasteiger partial charge in [0.05, 0.1) is 11.9 Å². The van der Waals surface area contributed by atoms with Gasteiger partial charge < -0.3 is 5.73 Å². The number of sulfonamides is 1. The van der Waals surface area contributed by atoms with Crippen molar-refractivity contribution in [1.29, 1.82) is 0 Å². The van der Waals surface area contributed by atoms with Gasteiger partial charge in [0.1, 0.15) is 4.90 Å². The molecule has 2 aromatic heterocycles. The van der Waals surface area contributed by atoms with Gasteiger partial charge in [0.25, 0.3) is 0 Å². The highest BCUT2D eigenvalue weighted by atomic mass is 32.2. The summed E-state index contributed by atoms with van der Waals surface area (Å²) in [5, 5.41) is 6.59. The maximum Gasteiger partial charge on any atom is 0.242 e. The van der Waals surface area contributed by atoms with Gasteiger partial charge in [0, 0.05) is 30.5 Å². The summed E-state index contributed by atoms with van der Waals surface area (Å²) in [5.74, 6) is 0. The summed E-state index contributed by atoms with van der Waals surface area (Å²) < 4.78 is 26.9. The molecule has 0 amide bonds. The first-order valence-corrected chi connectivity index (χ1v) is 7.15. The van der Waals surface area contributed by atoms with E-state index in [4.69, 9.17) is 5.73 Å². The number of pyridine rings is 1. The van der Waals surface area contributed by atoms with Crippen LogP contribution >= 0.6 is 0 Å². The average molecular weight is 281 g/mol. The number of hydrogen-bond donors (Lipinski definition) is 3. The average Bonchev–Trinajstić information content (AvgIpc) is 2.82. The fourth-order valence-electron chi connectivity index (χ4n) is 1.63. The van der Waals surface area contributed by atoms with Gasteiger partial charge >= 0.3 is 0 Å². The maximum atomic E-state index is 12.2. The van der Waals surface area contributed by atoms with Crippen molar-refractivity contribution in [2.75, 3.05) is 0 Å². The van der Waals surface area contributed by atoms with Crippen LogP contribution in [0.2, 0.25) is 0 Å². The van der Waals surface area contributed by atoms with Crippen LogP contribution in [-0.2, 0) is 23.1 Å². The van der Waals surface area contributed by atoms with Gasteiger partial charge in [-0.3, -0.25) is 10.1 Å². The van der Waals surface area contributed by atoms with Gasteiger partial charge in [-0.2, -0.15) is 5.10 Å². The Morgan fingerprint density at radius 3 is 2.89 bits per heavy atom. The Kier molecular flexibility index (Phi) is 3.93. The molecule has 0 saturated carbocycles. The summed E-state index contributed by atoms with van der Waals surface area (Å²) in [5.41, 5.74) is 7.46. The number of nitrogens with one attached hydrogen (secondary N) is 2. The predicted octanol–water partition coefficient (Wildman–Crippen LogP) is 0.0503. The molecule has 0 saturated heterocycles. The van der Waals surface area contributed by atoms with E-state index >= 15 is 0 Å². The van der Waals surface area contributed by atoms with Gasteiger partial charge in [0.15, 0.2) is 0 Å². The van der Waals surface area contributed by atoms with E-state index in [1.54, 1.807) is 12.3 Å². The Hall–Kier alpha value is -1.77. The van der Waals surface area contributed by atoms with Crippen molar-refractivity contribution in [2.45, 2.75) is 24.9 Å². The molecule has 0 unspecified atom stereocenters. The summed E-state index contributed by atoms with van der Waals surface area (Å²) >= 11 is 0. The van der Waals surface area contributed by atoms with E-state index in [0.29, 0.717) is 5.69 Å². The zero-order valence-electron chi connectivity index (χ0n) is 10.4. The van der Waals surface area contributed by atoms with Crippen molar-refractivity contribution in [3.05, 3.63) is 41.5 Å². The summed E-state index contributed by atoms with van der Waals surface area (Å²) in [6, 6.07) is 3.05. The van der Waals surface area contributed by atoms with Crippen molar-refractivity contribution in [3.8, 4) is 0 Å². The number of aromatic amines is 1. The van der Waals surface area contributed by atoms with Crippen molar-refractivity contribution in [1.82, 2.24) is 19.9 Å². The molecule has 0 aromatic carbocycles. The summed E-state index contributed by atoms with van der Waals surface area (Å²) in [6.45, 7) is 2.07.